The van der Waals surface area contributed by atoms with Crippen LogP contribution in [0.1, 0.15) is 23.2 Å². The second-order valence-electron chi connectivity index (χ2n) is 6.81. The summed E-state index contributed by atoms with van der Waals surface area (Å²) < 4.78 is 30.4. The zero-order valence-electron chi connectivity index (χ0n) is 15.3. The molecule has 0 spiro atoms. The maximum absolute atomic E-state index is 12.7. The van der Waals surface area contributed by atoms with E-state index >= 15 is 0 Å². The first-order chi connectivity index (χ1) is 13.8. The average Bonchev–Trinajstić information content (AvgIpc) is 3.13. The van der Waals surface area contributed by atoms with Crippen molar-refractivity contribution >= 4 is 38.2 Å². The fraction of sp³-hybridized carbons (Fsp3) is 0.190. The maximum Gasteiger partial charge on any atom is 0.347 e. The quantitative estimate of drug-likeness (QED) is 0.472. The van der Waals surface area contributed by atoms with Gasteiger partial charge in [0.15, 0.2) is 15.6 Å². The second kappa shape index (κ2) is 7.29. The Labute approximate surface area is 166 Å². The van der Waals surface area contributed by atoms with E-state index in [0.717, 1.165) is 6.42 Å². The van der Waals surface area contributed by atoms with Crippen LogP contribution in [0.2, 0.25) is 0 Å². The Bertz CT molecular complexity index is 1270. The molecule has 29 heavy (non-hydrogen) atoms. The number of fused-ring (bicyclic) bond motifs is 1. The van der Waals surface area contributed by atoms with Crippen LogP contribution in [0, 0.1) is 0 Å². The molecule has 1 aliphatic rings. The van der Waals surface area contributed by atoms with Crippen LogP contribution < -0.4 is 10.5 Å². The smallest absolute Gasteiger partial charge is 0.347 e. The number of carbonyl (C=O) groups excluding carboxylic acids is 2. The van der Waals surface area contributed by atoms with Gasteiger partial charge in [-0.3, -0.25) is 9.59 Å². The number of ketones is 1. The van der Waals surface area contributed by atoms with Crippen molar-refractivity contribution in [3.8, 4) is 0 Å². The van der Waals surface area contributed by atoms with E-state index in [2.05, 4.69) is 0 Å². The third-order valence-electron chi connectivity index (χ3n) is 4.84. The van der Waals surface area contributed by atoms with Crippen molar-refractivity contribution in [1.29, 1.82) is 0 Å². The van der Waals surface area contributed by atoms with Gasteiger partial charge in [-0.25, -0.2) is 13.2 Å². The molecule has 1 saturated heterocycles. The summed E-state index contributed by atoms with van der Waals surface area (Å²) in [4.78, 5) is 38.0. The van der Waals surface area contributed by atoms with Gasteiger partial charge in [0.05, 0.1) is 4.90 Å². The van der Waals surface area contributed by atoms with Crippen molar-refractivity contribution < 1.29 is 22.4 Å². The fourth-order valence-electron chi connectivity index (χ4n) is 3.34. The Kier molecular flexibility index (Phi) is 4.79. The molecule has 1 aromatic heterocycles. The van der Waals surface area contributed by atoms with E-state index in [-0.39, 0.29) is 16.4 Å². The molecule has 0 bridgehead atoms. The van der Waals surface area contributed by atoms with Crippen LogP contribution in [0.15, 0.2) is 68.7 Å². The number of anilines is 1. The molecular weight excluding hydrogens is 394 g/mol. The lowest BCUT2D eigenvalue weighted by Gasteiger charge is -2.15. The summed E-state index contributed by atoms with van der Waals surface area (Å²) in [5.74, 6) is -1.68. The van der Waals surface area contributed by atoms with Gasteiger partial charge in [0.25, 0.3) is 0 Å². The lowest BCUT2D eigenvalue weighted by Crippen LogP contribution is -2.24. The summed E-state index contributed by atoms with van der Waals surface area (Å²) in [6.07, 6.45) is 1.24. The summed E-state index contributed by atoms with van der Waals surface area (Å²) in [6.45, 7) is 0.598. The van der Waals surface area contributed by atoms with Crippen molar-refractivity contribution in [1.82, 2.24) is 0 Å². The van der Waals surface area contributed by atoms with E-state index in [1.807, 2.05) is 0 Å². The van der Waals surface area contributed by atoms with Crippen LogP contribution in [-0.4, -0.2) is 32.4 Å². The number of hydrogen-bond donors (Lipinski definition) is 0. The van der Waals surface area contributed by atoms with Gasteiger partial charge in [0.1, 0.15) is 16.9 Å². The minimum Gasteiger partial charge on any atom is -0.422 e. The molecule has 7 nitrogen and oxygen atoms in total. The molecule has 4 rings (SSSR count). The third-order valence-corrected chi connectivity index (χ3v) is 6.48. The Morgan fingerprint density at radius 3 is 2.45 bits per heavy atom. The molecule has 0 aliphatic carbocycles. The Hall–Kier alpha value is -3.26. The third kappa shape index (κ3) is 3.71. The first-order valence-electron chi connectivity index (χ1n) is 9.04. The van der Waals surface area contributed by atoms with Gasteiger partial charge in [0.2, 0.25) is 5.91 Å². The van der Waals surface area contributed by atoms with Gasteiger partial charge in [-0.05, 0) is 42.8 Å². The maximum atomic E-state index is 12.7. The van der Waals surface area contributed by atoms with Crippen LogP contribution >= 0.6 is 0 Å². The monoisotopic (exact) mass is 411 g/mol. The average molecular weight is 411 g/mol. The number of sulfone groups is 1. The highest BCUT2D eigenvalue weighted by molar-refractivity contribution is 7.92. The van der Waals surface area contributed by atoms with Crippen LogP contribution in [0.25, 0.3) is 11.0 Å². The van der Waals surface area contributed by atoms with Gasteiger partial charge in [-0.1, -0.05) is 18.2 Å². The van der Waals surface area contributed by atoms with E-state index in [9.17, 15) is 22.8 Å². The van der Waals surface area contributed by atoms with Gasteiger partial charge >= 0.3 is 5.63 Å². The number of hydrogen-bond acceptors (Lipinski definition) is 6. The largest absolute Gasteiger partial charge is 0.422 e. The highest BCUT2D eigenvalue weighted by Gasteiger charge is 2.25. The highest BCUT2D eigenvalue weighted by Crippen LogP contribution is 2.24. The number of nitrogens with zero attached hydrogens (tertiary/aromatic N) is 1. The van der Waals surface area contributed by atoms with Crippen LogP contribution in [0.5, 0.6) is 0 Å². The Morgan fingerprint density at radius 2 is 1.76 bits per heavy atom. The number of carbonyl (C=O) groups is 2. The van der Waals surface area contributed by atoms with E-state index in [1.54, 1.807) is 41.3 Å². The van der Waals surface area contributed by atoms with Crippen LogP contribution in [0.3, 0.4) is 0 Å². The second-order valence-corrected chi connectivity index (χ2v) is 8.80. The summed E-state index contributed by atoms with van der Waals surface area (Å²) in [5, 5.41) is 0.535. The normalized spacial score (nSPS) is 14.5. The molecule has 0 radical (unpaired) electrons. The topological polar surface area (TPSA) is 102 Å². The molecular formula is C21H17NO6S. The predicted octanol–water partition coefficient (Wildman–Crippen LogP) is 2.58. The molecule has 1 fully saturated rings. The standard InChI is InChI=1S/C21H17NO6S/c23-18(17-12-14-4-1-2-5-19(14)28-21(17)25)13-29(26,27)16-9-7-15(8-10-16)22-11-3-6-20(22)24/h1-2,4-5,7-10,12H,3,6,11,13H2. The molecule has 0 unspecified atom stereocenters. The molecule has 2 aromatic carbocycles. The molecule has 3 aromatic rings. The fourth-order valence-corrected chi connectivity index (χ4v) is 4.56. The van der Waals surface area contributed by atoms with Crippen molar-refractivity contribution in [3.63, 3.8) is 0 Å². The lowest BCUT2D eigenvalue weighted by atomic mass is 10.1. The minimum atomic E-state index is -3.97. The summed E-state index contributed by atoms with van der Waals surface area (Å²) in [5.41, 5.74) is -0.227. The molecule has 0 N–H and O–H groups in total. The van der Waals surface area contributed by atoms with E-state index in [1.165, 1.54) is 18.2 Å². The zero-order valence-corrected chi connectivity index (χ0v) is 16.1. The zero-order chi connectivity index (χ0) is 20.6. The number of Topliss-reactive ketones (excluding diaryl/α,β-unsaturated/α-hetero) is 1. The first-order valence-corrected chi connectivity index (χ1v) is 10.7. The Balaban J connectivity index is 1.58. The summed E-state index contributed by atoms with van der Waals surface area (Å²) >= 11 is 0. The summed E-state index contributed by atoms with van der Waals surface area (Å²) in [6, 6.07) is 13.8. The number of amides is 1. The molecule has 2 heterocycles. The molecule has 8 heteroatoms. The van der Waals surface area contributed by atoms with Crippen molar-refractivity contribution in [3.05, 3.63) is 70.6 Å². The van der Waals surface area contributed by atoms with Crippen molar-refractivity contribution in [2.75, 3.05) is 17.2 Å². The molecule has 0 atom stereocenters. The lowest BCUT2D eigenvalue weighted by molar-refractivity contribution is -0.117. The molecule has 1 amide bonds. The number of para-hydroxylation sites is 1. The number of rotatable bonds is 5. The van der Waals surface area contributed by atoms with Gasteiger partial charge in [-0.2, -0.15) is 0 Å². The van der Waals surface area contributed by atoms with Gasteiger partial charge in [-0.15, -0.1) is 0 Å². The van der Waals surface area contributed by atoms with Gasteiger partial charge in [0, 0.05) is 24.0 Å². The van der Waals surface area contributed by atoms with Crippen LogP contribution in [-0.2, 0) is 14.6 Å². The van der Waals surface area contributed by atoms with Gasteiger partial charge < -0.3 is 9.32 Å². The Morgan fingerprint density at radius 1 is 1.03 bits per heavy atom. The van der Waals surface area contributed by atoms with Crippen LogP contribution in [0.4, 0.5) is 5.69 Å². The molecule has 0 saturated carbocycles. The SMILES string of the molecule is O=C(CS(=O)(=O)c1ccc(N2CCCC2=O)cc1)c1cc2ccccc2oc1=O. The van der Waals surface area contributed by atoms with E-state index in [0.29, 0.717) is 29.6 Å². The van der Waals surface area contributed by atoms with E-state index in [4.69, 9.17) is 4.42 Å². The molecule has 1 aliphatic heterocycles. The van der Waals surface area contributed by atoms with Crippen molar-refractivity contribution in [2.24, 2.45) is 0 Å². The van der Waals surface area contributed by atoms with E-state index < -0.39 is 27.0 Å². The van der Waals surface area contributed by atoms with Crippen molar-refractivity contribution in [2.45, 2.75) is 17.7 Å². The minimum absolute atomic E-state index is 0.00110. The highest BCUT2D eigenvalue weighted by atomic mass is 32.2. The first kappa shape index (κ1) is 19.1. The number of benzene rings is 2. The molecule has 148 valence electrons. The summed E-state index contributed by atoms with van der Waals surface area (Å²) in [7, 11) is -3.97. The predicted molar refractivity (Wildman–Crippen MR) is 107 cm³/mol.